The maximum atomic E-state index is 6.02. The molecule has 2 heterocycles. The van der Waals surface area contributed by atoms with Crippen LogP contribution in [0.4, 0.5) is 0 Å². The number of nitrogens with zero attached hydrogens (tertiary/aromatic N) is 4. The number of halogens is 2. The molecule has 0 radical (unpaired) electrons. The van der Waals surface area contributed by atoms with E-state index in [2.05, 4.69) is 26.3 Å². The van der Waals surface area contributed by atoms with Crippen molar-refractivity contribution in [1.29, 1.82) is 0 Å². The van der Waals surface area contributed by atoms with Crippen molar-refractivity contribution in [3.8, 4) is 0 Å². The summed E-state index contributed by atoms with van der Waals surface area (Å²) in [6, 6.07) is 6.05. The van der Waals surface area contributed by atoms with Gasteiger partial charge in [0.25, 0.3) is 0 Å². The van der Waals surface area contributed by atoms with Gasteiger partial charge in [-0.1, -0.05) is 17.7 Å². The Labute approximate surface area is 159 Å². The van der Waals surface area contributed by atoms with Crippen LogP contribution in [0.1, 0.15) is 17.0 Å². The van der Waals surface area contributed by atoms with E-state index in [0.717, 1.165) is 34.5 Å². The molecule has 0 aliphatic heterocycles. The molecule has 1 N–H and O–H groups in total. The first kappa shape index (κ1) is 19.8. The molecule has 0 fully saturated rings. The highest BCUT2D eigenvalue weighted by molar-refractivity contribution is 14.0. The van der Waals surface area contributed by atoms with Crippen LogP contribution in [0.2, 0.25) is 5.02 Å². The van der Waals surface area contributed by atoms with E-state index in [1.165, 1.54) is 0 Å². The van der Waals surface area contributed by atoms with Crippen molar-refractivity contribution >= 4 is 41.5 Å². The summed E-state index contributed by atoms with van der Waals surface area (Å²) in [5, 5.41) is 4.09. The fourth-order valence-corrected chi connectivity index (χ4v) is 2.48. The average Bonchev–Trinajstić information content (AvgIpc) is 2.79. The van der Waals surface area contributed by atoms with Gasteiger partial charge in [-0.15, -0.1) is 24.0 Å². The van der Waals surface area contributed by atoms with Crippen LogP contribution in [0.25, 0.3) is 0 Å². The summed E-state index contributed by atoms with van der Waals surface area (Å²) in [6.45, 7) is 3.40. The van der Waals surface area contributed by atoms with Crippen molar-refractivity contribution in [3.63, 3.8) is 0 Å². The molecule has 0 atom stereocenters. The van der Waals surface area contributed by atoms with Gasteiger partial charge in [0, 0.05) is 51.5 Å². The van der Waals surface area contributed by atoms with Gasteiger partial charge in [0.05, 0.1) is 11.6 Å². The van der Waals surface area contributed by atoms with E-state index >= 15 is 0 Å². The normalized spacial score (nSPS) is 11.1. The second-order valence-corrected chi connectivity index (χ2v) is 5.76. The van der Waals surface area contributed by atoms with Crippen LogP contribution in [0, 0.1) is 6.92 Å². The van der Waals surface area contributed by atoms with Crippen molar-refractivity contribution in [1.82, 2.24) is 19.8 Å². The minimum absolute atomic E-state index is 0. The van der Waals surface area contributed by atoms with Crippen molar-refractivity contribution in [2.24, 2.45) is 12.0 Å². The number of guanidine groups is 1. The van der Waals surface area contributed by atoms with Gasteiger partial charge in [0.2, 0.25) is 0 Å². The van der Waals surface area contributed by atoms with Gasteiger partial charge in [0.15, 0.2) is 5.96 Å². The Morgan fingerprint density at radius 1 is 1.43 bits per heavy atom. The molecule has 0 unspecified atom stereocenters. The van der Waals surface area contributed by atoms with Crippen LogP contribution < -0.4 is 5.32 Å². The van der Waals surface area contributed by atoms with Crippen molar-refractivity contribution in [3.05, 3.63) is 52.6 Å². The third kappa shape index (κ3) is 5.69. The van der Waals surface area contributed by atoms with Crippen molar-refractivity contribution in [2.75, 3.05) is 14.1 Å². The van der Waals surface area contributed by atoms with Crippen molar-refractivity contribution < 1.29 is 0 Å². The molecule has 23 heavy (non-hydrogen) atoms. The maximum absolute atomic E-state index is 6.02. The first-order chi connectivity index (χ1) is 10.5. The number of nitrogens with one attached hydrogen (secondary N) is 1. The lowest BCUT2D eigenvalue weighted by molar-refractivity contribution is 0.461. The molecule has 0 saturated heterocycles. The smallest absolute Gasteiger partial charge is 0.194 e. The molecular formula is C16H23ClIN5. The van der Waals surface area contributed by atoms with E-state index in [0.29, 0.717) is 6.54 Å². The molecule has 0 spiro atoms. The average molecular weight is 448 g/mol. The summed E-state index contributed by atoms with van der Waals surface area (Å²) >= 11 is 6.02. The Kier molecular flexibility index (Phi) is 7.84. The number of aromatic nitrogens is 2. The number of pyridine rings is 1. The molecule has 2 aromatic heterocycles. The summed E-state index contributed by atoms with van der Waals surface area (Å²) < 4.78 is 2.02. The molecule has 0 bridgehead atoms. The molecule has 2 rings (SSSR count). The summed E-state index contributed by atoms with van der Waals surface area (Å²) in [5.74, 6) is 0.831. The summed E-state index contributed by atoms with van der Waals surface area (Å²) in [7, 11) is 5.77. The molecule has 5 nitrogen and oxygen atoms in total. The highest BCUT2D eigenvalue weighted by atomic mass is 127. The Balaban J connectivity index is 0.00000264. The second-order valence-electron chi connectivity index (χ2n) is 5.33. The maximum Gasteiger partial charge on any atom is 0.194 e. The SMILES string of the molecule is CN=C(NCc1ccc(C)nc1)N(C)Cc1cc(Cl)cn1C.I. The fourth-order valence-electron chi connectivity index (χ4n) is 2.21. The zero-order valence-corrected chi connectivity index (χ0v) is 17.0. The van der Waals surface area contributed by atoms with E-state index in [1.54, 1.807) is 7.05 Å². The first-order valence-electron chi connectivity index (χ1n) is 7.13. The first-order valence-corrected chi connectivity index (χ1v) is 7.51. The van der Waals surface area contributed by atoms with Gasteiger partial charge in [-0.25, -0.2) is 0 Å². The van der Waals surface area contributed by atoms with Gasteiger partial charge >= 0.3 is 0 Å². The van der Waals surface area contributed by atoms with Crippen LogP contribution >= 0.6 is 35.6 Å². The summed E-state index contributed by atoms with van der Waals surface area (Å²) in [4.78, 5) is 10.7. The number of rotatable bonds is 4. The molecule has 0 aliphatic rings. The Morgan fingerprint density at radius 3 is 2.70 bits per heavy atom. The van der Waals surface area contributed by atoms with Gasteiger partial charge in [0.1, 0.15) is 0 Å². The van der Waals surface area contributed by atoms with Crippen LogP contribution in [0.5, 0.6) is 0 Å². The minimum atomic E-state index is 0. The fraction of sp³-hybridized carbons (Fsp3) is 0.375. The van der Waals surface area contributed by atoms with Crippen LogP contribution in [0.15, 0.2) is 35.6 Å². The largest absolute Gasteiger partial charge is 0.352 e. The Bertz CT molecular complexity index is 651. The topological polar surface area (TPSA) is 45.5 Å². The number of hydrogen-bond donors (Lipinski definition) is 1. The number of aliphatic imine (C=N–C) groups is 1. The zero-order valence-electron chi connectivity index (χ0n) is 13.9. The third-order valence-corrected chi connectivity index (χ3v) is 3.68. The highest BCUT2D eigenvalue weighted by Gasteiger charge is 2.09. The minimum Gasteiger partial charge on any atom is -0.352 e. The third-order valence-electron chi connectivity index (χ3n) is 3.47. The molecule has 126 valence electrons. The predicted molar refractivity (Wildman–Crippen MR) is 106 cm³/mol. The van der Waals surface area contributed by atoms with E-state index < -0.39 is 0 Å². The van der Waals surface area contributed by atoms with Crippen LogP contribution in [0.3, 0.4) is 0 Å². The van der Waals surface area contributed by atoms with Gasteiger partial charge < -0.3 is 14.8 Å². The van der Waals surface area contributed by atoms with E-state index in [-0.39, 0.29) is 24.0 Å². The predicted octanol–water partition coefficient (Wildman–Crippen LogP) is 3.21. The number of aryl methyl sites for hydroxylation is 2. The molecule has 0 aromatic carbocycles. The zero-order chi connectivity index (χ0) is 16.1. The second kappa shape index (κ2) is 9.12. The standard InChI is InChI=1S/C16H22ClN5.HI/c1-12-5-6-13(8-19-12)9-20-16(18-2)22(4)11-15-7-14(17)10-21(15)3;/h5-8,10H,9,11H2,1-4H3,(H,18,20);1H. The Morgan fingerprint density at radius 2 is 2.17 bits per heavy atom. The number of hydrogen-bond acceptors (Lipinski definition) is 2. The van der Waals surface area contributed by atoms with Crippen LogP contribution in [-0.4, -0.2) is 34.5 Å². The highest BCUT2D eigenvalue weighted by Crippen LogP contribution is 2.14. The molecule has 2 aromatic rings. The van der Waals surface area contributed by atoms with Crippen molar-refractivity contribution in [2.45, 2.75) is 20.0 Å². The van der Waals surface area contributed by atoms with E-state index in [1.807, 2.05) is 50.1 Å². The summed E-state index contributed by atoms with van der Waals surface area (Å²) in [6.07, 6.45) is 3.78. The monoisotopic (exact) mass is 447 g/mol. The van der Waals surface area contributed by atoms with E-state index in [9.17, 15) is 0 Å². The molecule has 0 saturated carbocycles. The lowest BCUT2D eigenvalue weighted by atomic mass is 10.2. The lowest BCUT2D eigenvalue weighted by Gasteiger charge is -2.22. The van der Waals surface area contributed by atoms with Gasteiger partial charge in [-0.05, 0) is 24.6 Å². The van der Waals surface area contributed by atoms with Gasteiger partial charge in [-0.2, -0.15) is 0 Å². The summed E-state index contributed by atoms with van der Waals surface area (Å²) in [5.41, 5.74) is 3.28. The lowest BCUT2D eigenvalue weighted by Crippen LogP contribution is -2.38. The van der Waals surface area contributed by atoms with E-state index in [4.69, 9.17) is 11.6 Å². The quantitative estimate of drug-likeness (QED) is 0.445. The molecule has 7 heteroatoms. The molecular weight excluding hydrogens is 425 g/mol. The van der Waals surface area contributed by atoms with Crippen LogP contribution in [-0.2, 0) is 20.1 Å². The van der Waals surface area contributed by atoms with Gasteiger partial charge in [-0.3, -0.25) is 9.98 Å². The Hall–Kier alpha value is -1.28. The molecule has 0 aliphatic carbocycles. The molecule has 0 amide bonds.